The van der Waals surface area contributed by atoms with Crippen LogP contribution in [0.15, 0.2) is 36.4 Å². The molecule has 27 heavy (non-hydrogen) atoms. The lowest BCUT2D eigenvalue weighted by atomic mass is 10.1. The largest absolute Gasteiger partial charge is 0.423 e. The van der Waals surface area contributed by atoms with Crippen LogP contribution in [0.2, 0.25) is 0 Å². The molecule has 2 aromatic rings. The van der Waals surface area contributed by atoms with Gasteiger partial charge in [-0.1, -0.05) is 0 Å². The zero-order valence-corrected chi connectivity index (χ0v) is 12.8. The number of hydrogen-bond donors (Lipinski definition) is 1. The molecule has 2 aromatic carbocycles. The molecule has 1 amide bonds. The van der Waals surface area contributed by atoms with E-state index in [4.69, 9.17) is 0 Å². The van der Waals surface area contributed by atoms with Gasteiger partial charge in [0.25, 0.3) is 11.6 Å². The van der Waals surface area contributed by atoms with Crippen LogP contribution in [0.1, 0.15) is 21.5 Å². The number of rotatable bonds is 3. The van der Waals surface area contributed by atoms with Gasteiger partial charge in [0.05, 0.1) is 10.5 Å². The molecule has 0 bridgehead atoms. The van der Waals surface area contributed by atoms with Crippen molar-refractivity contribution in [2.75, 3.05) is 5.32 Å². The van der Waals surface area contributed by atoms with Crippen molar-refractivity contribution in [3.05, 3.63) is 69.0 Å². The average molecular weight is 396 g/mol. The smallest absolute Gasteiger partial charge is 0.322 e. The molecule has 1 N–H and O–H groups in total. The Morgan fingerprint density at radius 2 is 1.52 bits per heavy atom. The molecule has 0 spiro atoms. The molecule has 0 heterocycles. The summed E-state index contributed by atoms with van der Waals surface area (Å²) in [5.41, 5.74) is -5.86. The van der Waals surface area contributed by atoms with Crippen molar-refractivity contribution in [3.63, 3.8) is 0 Å². The third-order valence-electron chi connectivity index (χ3n) is 3.29. The summed E-state index contributed by atoms with van der Waals surface area (Å²) in [6.45, 7) is 0. The van der Waals surface area contributed by atoms with Crippen LogP contribution in [0.3, 0.4) is 0 Å². The van der Waals surface area contributed by atoms with Crippen molar-refractivity contribution >= 4 is 17.3 Å². The second kappa shape index (κ2) is 6.85. The van der Waals surface area contributed by atoms with Gasteiger partial charge in [0, 0.05) is 17.3 Å². The van der Waals surface area contributed by atoms with E-state index in [0.29, 0.717) is 18.2 Å². The van der Waals surface area contributed by atoms with Crippen LogP contribution in [-0.4, -0.2) is 10.8 Å². The van der Waals surface area contributed by atoms with E-state index in [-0.39, 0.29) is 12.1 Å². The number of carbonyl (C=O) groups excluding carboxylic acids is 1. The van der Waals surface area contributed by atoms with Gasteiger partial charge in [-0.25, -0.2) is 4.39 Å². The molecular formula is C15H7F7N2O3. The van der Waals surface area contributed by atoms with E-state index in [0.717, 1.165) is 6.07 Å². The fourth-order valence-corrected chi connectivity index (χ4v) is 2.09. The van der Waals surface area contributed by atoms with E-state index in [1.165, 1.54) is 0 Å². The first-order valence-corrected chi connectivity index (χ1v) is 6.84. The molecule has 0 aliphatic carbocycles. The molecule has 0 aromatic heterocycles. The second-order valence-corrected chi connectivity index (χ2v) is 5.13. The Balaban J connectivity index is 2.38. The van der Waals surface area contributed by atoms with E-state index in [1.54, 1.807) is 0 Å². The summed E-state index contributed by atoms with van der Waals surface area (Å²) >= 11 is 0. The highest BCUT2D eigenvalue weighted by molar-refractivity contribution is 6.04. The normalized spacial score (nSPS) is 12.0. The highest BCUT2D eigenvalue weighted by Crippen LogP contribution is 2.38. The molecule has 5 nitrogen and oxygen atoms in total. The third kappa shape index (κ3) is 4.51. The van der Waals surface area contributed by atoms with Crippen LogP contribution in [0.5, 0.6) is 0 Å². The van der Waals surface area contributed by atoms with Crippen LogP contribution >= 0.6 is 0 Å². The molecule has 0 saturated carbocycles. The summed E-state index contributed by atoms with van der Waals surface area (Å²) in [6, 6.07) is 2.82. The van der Waals surface area contributed by atoms with Gasteiger partial charge in [0.2, 0.25) is 0 Å². The number of benzene rings is 2. The van der Waals surface area contributed by atoms with Crippen LogP contribution < -0.4 is 5.32 Å². The molecule has 12 heteroatoms. The number of hydrogen-bond acceptors (Lipinski definition) is 3. The number of nitro benzene ring substituents is 1. The monoisotopic (exact) mass is 396 g/mol. The maximum atomic E-state index is 13.2. The second-order valence-electron chi connectivity index (χ2n) is 5.13. The van der Waals surface area contributed by atoms with Crippen LogP contribution in [0, 0.1) is 15.9 Å². The summed E-state index contributed by atoms with van der Waals surface area (Å²) in [5.74, 6) is -2.89. The molecule has 2 rings (SSSR count). The zero-order valence-electron chi connectivity index (χ0n) is 12.8. The number of nitrogens with zero attached hydrogens (tertiary/aromatic N) is 1. The minimum Gasteiger partial charge on any atom is -0.322 e. The number of alkyl halides is 6. The summed E-state index contributed by atoms with van der Waals surface area (Å²) in [4.78, 5) is 21.4. The van der Waals surface area contributed by atoms with Gasteiger partial charge in [-0.05, 0) is 30.3 Å². The number of amides is 1. The molecule has 0 unspecified atom stereocenters. The quantitative estimate of drug-likeness (QED) is 0.450. The Bertz CT molecular complexity index is 907. The van der Waals surface area contributed by atoms with Crippen molar-refractivity contribution in [2.24, 2.45) is 0 Å². The number of nitro groups is 1. The minimum absolute atomic E-state index is 0.195. The summed E-state index contributed by atoms with van der Waals surface area (Å²) in [5, 5.41) is 12.5. The van der Waals surface area contributed by atoms with Crippen molar-refractivity contribution in [1.29, 1.82) is 0 Å². The van der Waals surface area contributed by atoms with Gasteiger partial charge in [-0.3, -0.25) is 14.9 Å². The predicted molar refractivity (Wildman–Crippen MR) is 77.5 cm³/mol. The van der Waals surface area contributed by atoms with Gasteiger partial charge in [-0.2, -0.15) is 26.3 Å². The minimum atomic E-state index is -5.11. The van der Waals surface area contributed by atoms with Crippen molar-refractivity contribution < 1.29 is 40.5 Å². The van der Waals surface area contributed by atoms with Crippen LogP contribution in [-0.2, 0) is 12.4 Å². The average Bonchev–Trinajstić information content (AvgIpc) is 2.53. The first-order valence-electron chi connectivity index (χ1n) is 6.84. The molecule has 0 aliphatic heterocycles. The van der Waals surface area contributed by atoms with E-state index < -0.39 is 57.1 Å². The summed E-state index contributed by atoms with van der Waals surface area (Å²) in [7, 11) is 0. The summed E-state index contributed by atoms with van der Waals surface area (Å²) < 4.78 is 89.9. The topological polar surface area (TPSA) is 72.2 Å². The first kappa shape index (κ1) is 20.1. The number of anilines is 1. The van der Waals surface area contributed by atoms with Gasteiger partial charge in [0.15, 0.2) is 0 Å². The lowest BCUT2D eigenvalue weighted by molar-refractivity contribution is -0.388. The van der Waals surface area contributed by atoms with Gasteiger partial charge in [0.1, 0.15) is 11.4 Å². The molecule has 0 atom stereocenters. The Morgan fingerprint density at radius 3 is 2.04 bits per heavy atom. The van der Waals surface area contributed by atoms with E-state index in [9.17, 15) is 45.6 Å². The third-order valence-corrected chi connectivity index (χ3v) is 3.29. The Labute approximate surface area is 145 Å². The molecule has 144 valence electrons. The maximum Gasteiger partial charge on any atom is 0.423 e. The first-order chi connectivity index (χ1) is 12.3. The SMILES string of the molecule is O=C(Nc1ccc([N+](=O)[O-])c(C(F)(F)F)c1)c1ccc(F)c(C(F)(F)F)c1. The summed E-state index contributed by atoms with van der Waals surface area (Å²) in [6.07, 6.45) is -10.2. The zero-order chi connectivity index (χ0) is 20.6. The van der Waals surface area contributed by atoms with Gasteiger partial charge >= 0.3 is 12.4 Å². The van der Waals surface area contributed by atoms with E-state index in [2.05, 4.69) is 0 Å². The lowest BCUT2D eigenvalue weighted by Crippen LogP contribution is -2.16. The Morgan fingerprint density at radius 1 is 0.926 bits per heavy atom. The number of nitrogens with one attached hydrogen (secondary N) is 1. The Kier molecular flexibility index (Phi) is 5.11. The standard InChI is InChI=1S/C15H7F7N2O3/c16-11-3-1-7(5-9(11)14(17,18)19)13(25)23-8-2-4-12(24(26)27)10(6-8)15(20,21)22/h1-6H,(H,23,25). The molecule has 0 aliphatic rings. The van der Waals surface area contributed by atoms with Crippen LogP contribution in [0.4, 0.5) is 42.1 Å². The van der Waals surface area contributed by atoms with E-state index >= 15 is 0 Å². The van der Waals surface area contributed by atoms with Crippen LogP contribution in [0.25, 0.3) is 0 Å². The highest BCUT2D eigenvalue weighted by atomic mass is 19.4. The van der Waals surface area contributed by atoms with Crippen molar-refractivity contribution in [3.8, 4) is 0 Å². The maximum absolute atomic E-state index is 13.2. The molecule has 0 saturated heterocycles. The lowest BCUT2D eigenvalue weighted by Gasteiger charge is -2.12. The number of halogens is 7. The molecule has 0 radical (unpaired) electrons. The molecule has 0 fully saturated rings. The fraction of sp³-hybridized carbons (Fsp3) is 0.133. The highest BCUT2D eigenvalue weighted by Gasteiger charge is 2.38. The van der Waals surface area contributed by atoms with Crippen molar-refractivity contribution in [1.82, 2.24) is 0 Å². The Hall–Kier alpha value is -3.18. The fourth-order valence-electron chi connectivity index (χ4n) is 2.09. The van der Waals surface area contributed by atoms with E-state index in [1.807, 2.05) is 5.32 Å². The number of carbonyl (C=O) groups is 1. The van der Waals surface area contributed by atoms with Gasteiger partial charge < -0.3 is 5.32 Å². The molecular weight excluding hydrogens is 389 g/mol. The van der Waals surface area contributed by atoms with Crippen molar-refractivity contribution in [2.45, 2.75) is 12.4 Å². The predicted octanol–water partition coefficient (Wildman–Crippen LogP) is 5.02. The van der Waals surface area contributed by atoms with Gasteiger partial charge in [-0.15, -0.1) is 0 Å².